The summed E-state index contributed by atoms with van der Waals surface area (Å²) in [5.74, 6) is 6.57. The number of ether oxygens (including phenoxy) is 1. The summed E-state index contributed by atoms with van der Waals surface area (Å²) in [4.78, 5) is 0. The molecule has 0 aromatic heterocycles. The maximum absolute atomic E-state index is 5.69. The Bertz CT molecular complexity index is 545. The van der Waals surface area contributed by atoms with E-state index in [0.29, 0.717) is 0 Å². The summed E-state index contributed by atoms with van der Waals surface area (Å²) in [5.41, 5.74) is 5.14. The maximum atomic E-state index is 5.69. The lowest BCUT2D eigenvalue weighted by molar-refractivity contribution is 0.405. The standard InChI is InChI=1S/C15H17BrN2O/c1-19-15-8-3-2-5-12(15)10-14(18-17)11-6-4-7-13(16)9-11/h2-9,14,18H,10,17H2,1H3. The van der Waals surface area contributed by atoms with E-state index in [-0.39, 0.29) is 6.04 Å². The van der Waals surface area contributed by atoms with Gasteiger partial charge < -0.3 is 4.74 Å². The number of halogens is 1. The monoisotopic (exact) mass is 320 g/mol. The molecule has 3 N–H and O–H groups in total. The molecule has 19 heavy (non-hydrogen) atoms. The van der Waals surface area contributed by atoms with Gasteiger partial charge in [0.1, 0.15) is 5.75 Å². The van der Waals surface area contributed by atoms with E-state index in [1.54, 1.807) is 7.11 Å². The zero-order chi connectivity index (χ0) is 13.7. The third-order valence-corrected chi connectivity index (χ3v) is 3.56. The van der Waals surface area contributed by atoms with E-state index in [1.807, 2.05) is 30.3 Å². The van der Waals surface area contributed by atoms with Gasteiger partial charge in [0.15, 0.2) is 0 Å². The Hall–Kier alpha value is -1.36. The van der Waals surface area contributed by atoms with Crippen LogP contribution in [0, 0.1) is 0 Å². The van der Waals surface area contributed by atoms with E-state index in [1.165, 1.54) is 0 Å². The fourth-order valence-electron chi connectivity index (χ4n) is 2.09. The van der Waals surface area contributed by atoms with Gasteiger partial charge in [0.05, 0.1) is 13.2 Å². The molecule has 2 rings (SSSR count). The number of para-hydroxylation sites is 1. The van der Waals surface area contributed by atoms with Crippen molar-refractivity contribution in [2.45, 2.75) is 12.5 Å². The number of nitrogens with two attached hydrogens (primary N) is 1. The van der Waals surface area contributed by atoms with Crippen LogP contribution in [0.2, 0.25) is 0 Å². The Balaban J connectivity index is 2.24. The van der Waals surface area contributed by atoms with E-state index in [4.69, 9.17) is 10.6 Å². The highest BCUT2D eigenvalue weighted by atomic mass is 79.9. The molecule has 0 amide bonds. The van der Waals surface area contributed by atoms with Gasteiger partial charge in [-0.05, 0) is 35.7 Å². The predicted molar refractivity (Wildman–Crippen MR) is 80.9 cm³/mol. The molecule has 3 nitrogen and oxygen atoms in total. The van der Waals surface area contributed by atoms with Gasteiger partial charge in [-0.3, -0.25) is 11.3 Å². The first-order chi connectivity index (χ1) is 9.24. The number of hydrogen-bond acceptors (Lipinski definition) is 3. The number of nitrogens with one attached hydrogen (secondary N) is 1. The largest absolute Gasteiger partial charge is 0.496 e. The van der Waals surface area contributed by atoms with Crippen LogP contribution in [-0.2, 0) is 6.42 Å². The third kappa shape index (κ3) is 3.56. The molecule has 4 heteroatoms. The SMILES string of the molecule is COc1ccccc1CC(NN)c1cccc(Br)c1. The van der Waals surface area contributed by atoms with E-state index < -0.39 is 0 Å². The van der Waals surface area contributed by atoms with E-state index in [2.05, 4.69) is 39.6 Å². The molecule has 1 unspecified atom stereocenters. The second-order valence-corrected chi connectivity index (χ2v) is 5.21. The third-order valence-electron chi connectivity index (χ3n) is 3.07. The first-order valence-corrected chi connectivity index (χ1v) is 6.87. The fraction of sp³-hybridized carbons (Fsp3) is 0.200. The minimum atomic E-state index is 0.0498. The number of benzene rings is 2. The van der Waals surface area contributed by atoms with Crippen LogP contribution in [0.5, 0.6) is 5.75 Å². The van der Waals surface area contributed by atoms with Crippen LogP contribution in [0.4, 0.5) is 0 Å². The quantitative estimate of drug-likeness (QED) is 0.657. The van der Waals surface area contributed by atoms with Crippen molar-refractivity contribution in [3.63, 3.8) is 0 Å². The summed E-state index contributed by atoms with van der Waals surface area (Å²) in [6, 6.07) is 16.2. The van der Waals surface area contributed by atoms with Crippen molar-refractivity contribution in [2.24, 2.45) is 5.84 Å². The first kappa shape index (κ1) is 14.1. The smallest absolute Gasteiger partial charge is 0.122 e. The van der Waals surface area contributed by atoms with Crippen molar-refractivity contribution in [2.75, 3.05) is 7.11 Å². The molecule has 2 aromatic carbocycles. The first-order valence-electron chi connectivity index (χ1n) is 6.08. The zero-order valence-corrected chi connectivity index (χ0v) is 12.4. The summed E-state index contributed by atoms with van der Waals surface area (Å²) in [5, 5.41) is 0. The Morgan fingerprint density at radius 2 is 2.00 bits per heavy atom. The van der Waals surface area contributed by atoms with Crippen molar-refractivity contribution < 1.29 is 4.74 Å². The summed E-state index contributed by atoms with van der Waals surface area (Å²) < 4.78 is 6.42. The number of rotatable bonds is 5. The molecule has 0 aliphatic heterocycles. The van der Waals surface area contributed by atoms with E-state index in [0.717, 1.165) is 27.8 Å². The highest BCUT2D eigenvalue weighted by Crippen LogP contribution is 2.25. The number of hydrazine groups is 1. The molecule has 0 heterocycles. The van der Waals surface area contributed by atoms with E-state index in [9.17, 15) is 0 Å². The molecule has 0 saturated heterocycles. The average molecular weight is 321 g/mol. The van der Waals surface area contributed by atoms with Gasteiger partial charge in [-0.1, -0.05) is 46.3 Å². The summed E-state index contributed by atoms with van der Waals surface area (Å²) in [7, 11) is 1.68. The zero-order valence-electron chi connectivity index (χ0n) is 10.8. The Morgan fingerprint density at radius 3 is 2.68 bits per heavy atom. The summed E-state index contributed by atoms with van der Waals surface area (Å²) in [6.45, 7) is 0. The van der Waals surface area contributed by atoms with Gasteiger partial charge in [-0.2, -0.15) is 0 Å². The van der Waals surface area contributed by atoms with Crippen LogP contribution < -0.4 is 16.0 Å². The van der Waals surface area contributed by atoms with Crippen LogP contribution in [0.15, 0.2) is 53.0 Å². The van der Waals surface area contributed by atoms with E-state index >= 15 is 0 Å². The van der Waals surface area contributed by atoms with Crippen LogP contribution in [0.25, 0.3) is 0 Å². The number of hydrogen-bond donors (Lipinski definition) is 2. The molecule has 0 aliphatic rings. The summed E-state index contributed by atoms with van der Waals surface area (Å²) in [6.07, 6.45) is 0.775. The van der Waals surface area contributed by atoms with Crippen molar-refractivity contribution in [3.05, 3.63) is 64.1 Å². The van der Waals surface area contributed by atoms with Crippen LogP contribution >= 0.6 is 15.9 Å². The second kappa shape index (κ2) is 6.70. The van der Waals surface area contributed by atoms with Crippen LogP contribution in [0.3, 0.4) is 0 Å². The molecule has 0 bridgehead atoms. The highest BCUT2D eigenvalue weighted by molar-refractivity contribution is 9.10. The van der Waals surface area contributed by atoms with Gasteiger partial charge in [-0.25, -0.2) is 0 Å². The predicted octanol–water partition coefficient (Wildman–Crippen LogP) is 3.20. The Labute approximate surface area is 121 Å². The molecule has 0 radical (unpaired) electrons. The summed E-state index contributed by atoms with van der Waals surface area (Å²) >= 11 is 3.48. The average Bonchev–Trinajstić information content (AvgIpc) is 2.45. The Morgan fingerprint density at radius 1 is 1.21 bits per heavy atom. The van der Waals surface area contributed by atoms with Crippen molar-refractivity contribution in [1.29, 1.82) is 0 Å². The molecule has 0 aliphatic carbocycles. The maximum Gasteiger partial charge on any atom is 0.122 e. The molecule has 2 aromatic rings. The lowest BCUT2D eigenvalue weighted by Gasteiger charge is -2.18. The van der Waals surface area contributed by atoms with Gasteiger partial charge in [0.25, 0.3) is 0 Å². The Kier molecular flexibility index (Phi) is 4.96. The topological polar surface area (TPSA) is 47.3 Å². The number of methoxy groups -OCH3 is 1. The van der Waals surface area contributed by atoms with Gasteiger partial charge in [0, 0.05) is 4.47 Å². The second-order valence-electron chi connectivity index (χ2n) is 4.29. The van der Waals surface area contributed by atoms with Crippen molar-refractivity contribution >= 4 is 15.9 Å². The molecule has 100 valence electrons. The minimum Gasteiger partial charge on any atom is -0.496 e. The van der Waals surface area contributed by atoms with Crippen molar-refractivity contribution in [3.8, 4) is 5.75 Å². The molecular weight excluding hydrogens is 304 g/mol. The normalized spacial score (nSPS) is 12.2. The molecule has 1 atom stereocenters. The molecule has 0 saturated carbocycles. The molecular formula is C15H17BrN2O. The van der Waals surface area contributed by atoms with Gasteiger partial charge in [0.2, 0.25) is 0 Å². The molecule has 0 spiro atoms. The lowest BCUT2D eigenvalue weighted by atomic mass is 9.99. The van der Waals surface area contributed by atoms with Crippen LogP contribution in [0.1, 0.15) is 17.2 Å². The van der Waals surface area contributed by atoms with Gasteiger partial charge in [-0.15, -0.1) is 0 Å². The van der Waals surface area contributed by atoms with Gasteiger partial charge >= 0.3 is 0 Å². The fourth-order valence-corrected chi connectivity index (χ4v) is 2.50. The molecule has 0 fully saturated rings. The highest BCUT2D eigenvalue weighted by Gasteiger charge is 2.13. The lowest BCUT2D eigenvalue weighted by Crippen LogP contribution is -2.29. The van der Waals surface area contributed by atoms with Crippen molar-refractivity contribution in [1.82, 2.24) is 5.43 Å². The van der Waals surface area contributed by atoms with Crippen LogP contribution in [-0.4, -0.2) is 7.11 Å². The minimum absolute atomic E-state index is 0.0498.